The summed E-state index contributed by atoms with van der Waals surface area (Å²) in [6.45, 7) is 4.11. The molecule has 0 radical (unpaired) electrons. The second kappa shape index (κ2) is 8.97. The summed E-state index contributed by atoms with van der Waals surface area (Å²) >= 11 is 0. The Balaban J connectivity index is 1.36. The van der Waals surface area contributed by atoms with Crippen LogP contribution in [0.4, 0.5) is 0 Å². The molecule has 0 unspecified atom stereocenters. The van der Waals surface area contributed by atoms with Crippen LogP contribution in [0.1, 0.15) is 29.5 Å². The fourth-order valence-corrected chi connectivity index (χ4v) is 3.23. The van der Waals surface area contributed by atoms with Crippen molar-refractivity contribution in [2.75, 3.05) is 19.7 Å². The van der Waals surface area contributed by atoms with Crippen molar-refractivity contribution in [3.05, 3.63) is 71.3 Å². The summed E-state index contributed by atoms with van der Waals surface area (Å²) in [6, 6.07) is 18.8. The van der Waals surface area contributed by atoms with Crippen LogP contribution in [0.25, 0.3) is 0 Å². The van der Waals surface area contributed by atoms with E-state index < -0.39 is 0 Å². The molecular weight excluding hydrogens is 298 g/mol. The van der Waals surface area contributed by atoms with Crippen molar-refractivity contribution in [1.29, 1.82) is 0 Å². The average molecular weight is 325 g/mol. The van der Waals surface area contributed by atoms with Gasteiger partial charge in [0.1, 0.15) is 0 Å². The first kappa shape index (κ1) is 17.2. The van der Waals surface area contributed by atoms with E-state index in [0.717, 1.165) is 51.1 Å². The summed E-state index contributed by atoms with van der Waals surface area (Å²) in [7, 11) is 0. The third-order valence-electron chi connectivity index (χ3n) is 4.73. The first-order valence-electron chi connectivity index (χ1n) is 8.90. The topological polar surface area (TPSA) is 32.7 Å². The summed E-state index contributed by atoms with van der Waals surface area (Å²) in [5.74, 6) is 0. The lowest BCUT2D eigenvalue weighted by atomic mass is 10.1. The van der Waals surface area contributed by atoms with Gasteiger partial charge < -0.3 is 9.84 Å². The Labute approximate surface area is 144 Å². The van der Waals surface area contributed by atoms with Gasteiger partial charge in [0.25, 0.3) is 0 Å². The van der Waals surface area contributed by atoms with Crippen LogP contribution in [0.15, 0.2) is 54.6 Å². The molecule has 3 heteroatoms. The Morgan fingerprint density at radius 1 is 0.875 bits per heavy atom. The molecule has 0 aromatic heterocycles. The normalized spacial score (nSPS) is 16.4. The van der Waals surface area contributed by atoms with Crippen molar-refractivity contribution in [2.45, 2.75) is 38.5 Å². The highest BCUT2D eigenvalue weighted by Gasteiger charge is 2.19. The molecule has 3 nitrogen and oxygen atoms in total. The number of piperidine rings is 1. The molecule has 128 valence electrons. The molecule has 1 heterocycles. The Bertz CT molecular complexity index is 589. The molecule has 0 aliphatic carbocycles. The molecule has 1 aliphatic heterocycles. The Morgan fingerprint density at radius 2 is 1.54 bits per heavy atom. The van der Waals surface area contributed by atoms with Gasteiger partial charge in [0.2, 0.25) is 0 Å². The number of likely N-dealkylation sites (tertiary alicyclic amines) is 1. The summed E-state index contributed by atoms with van der Waals surface area (Å²) in [4.78, 5) is 2.49. The van der Waals surface area contributed by atoms with Crippen LogP contribution in [-0.2, 0) is 24.3 Å². The molecule has 1 aliphatic rings. The molecule has 0 bridgehead atoms. The van der Waals surface area contributed by atoms with Crippen LogP contribution in [-0.4, -0.2) is 35.8 Å². The maximum absolute atomic E-state index is 9.10. The van der Waals surface area contributed by atoms with Gasteiger partial charge in [-0.15, -0.1) is 0 Å². The molecule has 0 amide bonds. The predicted octanol–water partition coefficient (Wildman–Crippen LogP) is 3.40. The minimum Gasteiger partial charge on any atom is -0.392 e. The Kier molecular flexibility index (Phi) is 6.41. The molecule has 2 aromatic rings. The Morgan fingerprint density at radius 3 is 2.21 bits per heavy atom. The van der Waals surface area contributed by atoms with E-state index in [0.29, 0.717) is 6.10 Å². The highest BCUT2D eigenvalue weighted by Crippen LogP contribution is 2.17. The molecule has 1 saturated heterocycles. The summed E-state index contributed by atoms with van der Waals surface area (Å²) in [5.41, 5.74) is 3.64. The van der Waals surface area contributed by atoms with Gasteiger partial charge in [-0.05, 0) is 36.0 Å². The summed E-state index contributed by atoms with van der Waals surface area (Å²) in [6.07, 6.45) is 3.63. The number of ether oxygens (including phenoxy) is 1. The second-order valence-corrected chi connectivity index (χ2v) is 6.56. The molecule has 24 heavy (non-hydrogen) atoms. The third-order valence-corrected chi connectivity index (χ3v) is 4.73. The van der Waals surface area contributed by atoms with Crippen LogP contribution in [0.2, 0.25) is 0 Å². The molecule has 0 atom stereocenters. The van der Waals surface area contributed by atoms with Crippen molar-refractivity contribution < 1.29 is 9.84 Å². The van der Waals surface area contributed by atoms with Crippen LogP contribution in [0.3, 0.4) is 0 Å². The van der Waals surface area contributed by atoms with Crippen molar-refractivity contribution in [1.82, 2.24) is 4.90 Å². The number of benzene rings is 2. The molecule has 3 rings (SSSR count). The van der Waals surface area contributed by atoms with E-state index in [9.17, 15) is 0 Å². The van der Waals surface area contributed by atoms with E-state index >= 15 is 0 Å². The second-order valence-electron chi connectivity index (χ2n) is 6.56. The van der Waals surface area contributed by atoms with Gasteiger partial charge in [-0.2, -0.15) is 0 Å². The van der Waals surface area contributed by atoms with Gasteiger partial charge in [0, 0.05) is 19.6 Å². The number of nitrogens with zero attached hydrogens (tertiary/aromatic N) is 1. The lowest BCUT2D eigenvalue weighted by Gasteiger charge is -2.32. The van der Waals surface area contributed by atoms with E-state index in [1.807, 2.05) is 12.1 Å². The van der Waals surface area contributed by atoms with Crippen LogP contribution in [0, 0.1) is 0 Å². The highest BCUT2D eigenvalue weighted by molar-refractivity contribution is 5.22. The fourth-order valence-electron chi connectivity index (χ4n) is 3.23. The molecule has 1 N–H and O–H groups in total. The monoisotopic (exact) mass is 325 g/mol. The minimum absolute atomic E-state index is 0.117. The number of rotatable bonds is 7. The van der Waals surface area contributed by atoms with Gasteiger partial charge in [-0.25, -0.2) is 0 Å². The maximum atomic E-state index is 9.10. The van der Waals surface area contributed by atoms with Crippen molar-refractivity contribution in [3.8, 4) is 0 Å². The summed E-state index contributed by atoms with van der Waals surface area (Å²) < 4.78 is 6.06. The van der Waals surface area contributed by atoms with Gasteiger partial charge >= 0.3 is 0 Å². The fraction of sp³-hybridized carbons (Fsp3) is 0.429. The van der Waals surface area contributed by atoms with Crippen molar-refractivity contribution in [2.24, 2.45) is 0 Å². The van der Waals surface area contributed by atoms with E-state index in [1.165, 1.54) is 11.1 Å². The highest BCUT2D eigenvalue weighted by atomic mass is 16.5. The molecule has 0 saturated carbocycles. The molecule has 1 fully saturated rings. The average Bonchev–Trinajstić information content (AvgIpc) is 2.65. The Hall–Kier alpha value is -1.68. The van der Waals surface area contributed by atoms with Crippen LogP contribution < -0.4 is 0 Å². The van der Waals surface area contributed by atoms with E-state index in [2.05, 4.69) is 47.4 Å². The minimum atomic E-state index is 0.117. The zero-order chi connectivity index (χ0) is 16.6. The zero-order valence-electron chi connectivity index (χ0n) is 14.2. The number of aliphatic hydroxyl groups is 1. The van der Waals surface area contributed by atoms with Gasteiger partial charge in [0.15, 0.2) is 0 Å². The standard InChI is InChI=1S/C21H27NO2/c23-17-20-8-6-19(7-9-20)16-22-13-10-21(11-14-22)24-15-12-18-4-2-1-3-5-18/h1-9,21,23H,10-17H2. The van der Waals surface area contributed by atoms with E-state index in [1.54, 1.807) is 0 Å². The van der Waals surface area contributed by atoms with Gasteiger partial charge in [-0.1, -0.05) is 54.6 Å². The third kappa shape index (κ3) is 5.17. The van der Waals surface area contributed by atoms with Gasteiger partial charge in [-0.3, -0.25) is 4.90 Å². The summed E-state index contributed by atoms with van der Waals surface area (Å²) in [5, 5.41) is 9.10. The molecular formula is C21H27NO2. The molecule has 2 aromatic carbocycles. The van der Waals surface area contributed by atoms with Crippen LogP contribution in [0.5, 0.6) is 0 Å². The zero-order valence-corrected chi connectivity index (χ0v) is 14.2. The van der Waals surface area contributed by atoms with Gasteiger partial charge in [0.05, 0.1) is 19.3 Å². The number of hydrogen-bond donors (Lipinski definition) is 1. The first-order chi connectivity index (χ1) is 11.8. The van der Waals surface area contributed by atoms with Crippen molar-refractivity contribution in [3.63, 3.8) is 0 Å². The van der Waals surface area contributed by atoms with E-state index in [-0.39, 0.29) is 6.61 Å². The lowest BCUT2D eigenvalue weighted by Crippen LogP contribution is -2.36. The van der Waals surface area contributed by atoms with Crippen molar-refractivity contribution >= 4 is 0 Å². The van der Waals surface area contributed by atoms with Crippen LogP contribution >= 0.6 is 0 Å². The maximum Gasteiger partial charge on any atom is 0.0681 e. The first-order valence-corrected chi connectivity index (χ1v) is 8.90. The SMILES string of the molecule is OCc1ccc(CN2CCC(OCCc3ccccc3)CC2)cc1. The lowest BCUT2D eigenvalue weighted by molar-refractivity contribution is 0.00739. The smallest absolute Gasteiger partial charge is 0.0681 e. The largest absolute Gasteiger partial charge is 0.392 e. The number of aliphatic hydroxyl groups excluding tert-OH is 1. The van der Waals surface area contributed by atoms with E-state index in [4.69, 9.17) is 9.84 Å². The predicted molar refractivity (Wildman–Crippen MR) is 96.8 cm³/mol. The number of hydrogen-bond acceptors (Lipinski definition) is 3. The quantitative estimate of drug-likeness (QED) is 0.847. The molecule has 0 spiro atoms.